The fourth-order valence-electron chi connectivity index (χ4n) is 1.29. The number of aliphatic hydroxyl groups is 1. The van der Waals surface area contributed by atoms with Gasteiger partial charge in [0.15, 0.2) is 6.04 Å². The number of hydrogen-bond donors (Lipinski definition) is 3. The van der Waals surface area contributed by atoms with E-state index in [0.29, 0.717) is 6.54 Å². The van der Waals surface area contributed by atoms with Gasteiger partial charge in [0.05, 0.1) is 6.61 Å². The zero-order valence-electron chi connectivity index (χ0n) is 9.93. The number of carbonyl (C=O) groups is 2. The molecule has 2 atom stereocenters. The molecule has 6 nitrogen and oxygen atoms in total. The van der Waals surface area contributed by atoms with Crippen molar-refractivity contribution in [3.63, 3.8) is 0 Å². The Kier molecular flexibility index (Phi) is 6.48. The molecule has 3 N–H and O–H groups in total. The molecule has 0 saturated heterocycles. The zero-order chi connectivity index (χ0) is 12.7. The lowest BCUT2D eigenvalue weighted by atomic mass is 10.2. The molecule has 0 aliphatic carbocycles. The number of aliphatic hydroxyl groups excluding tert-OH is 1. The van der Waals surface area contributed by atoms with Crippen LogP contribution in [-0.2, 0) is 4.79 Å². The van der Waals surface area contributed by atoms with Crippen LogP contribution in [-0.4, -0.2) is 52.3 Å². The van der Waals surface area contributed by atoms with E-state index in [1.807, 2.05) is 20.8 Å². The Morgan fingerprint density at radius 3 is 2.25 bits per heavy atom. The summed E-state index contributed by atoms with van der Waals surface area (Å²) < 4.78 is 0. The SMILES string of the molecule is CCC(C)N(CC)C(=O)NC(CO)C(=O)O. The average Bonchev–Trinajstić information content (AvgIpc) is 2.25. The monoisotopic (exact) mass is 232 g/mol. The number of carboxylic acid groups (broad SMARTS) is 1. The first-order valence-electron chi connectivity index (χ1n) is 5.38. The number of rotatable bonds is 6. The second-order valence-electron chi connectivity index (χ2n) is 3.57. The van der Waals surface area contributed by atoms with Gasteiger partial charge >= 0.3 is 12.0 Å². The summed E-state index contributed by atoms with van der Waals surface area (Å²) in [4.78, 5) is 23.8. The van der Waals surface area contributed by atoms with Crippen LogP contribution in [0.1, 0.15) is 27.2 Å². The Morgan fingerprint density at radius 1 is 1.38 bits per heavy atom. The molecule has 0 aliphatic rings. The molecule has 6 heteroatoms. The van der Waals surface area contributed by atoms with E-state index in [9.17, 15) is 9.59 Å². The summed E-state index contributed by atoms with van der Waals surface area (Å²) in [6.07, 6.45) is 0.790. The summed E-state index contributed by atoms with van der Waals surface area (Å²) in [7, 11) is 0. The second kappa shape index (κ2) is 7.05. The number of nitrogens with zero attached hydrogens (tertiary/aromatic N) is 1. The van der Waals surface area contributed by atoms with Crippen LogP contribution in [0.2, 0.25) is 0 Å². The van der Waals surface area contributed by atoms with Crippen LogP contribution in [0, 0.1) is 0 Å². The van der Waals surface area contributed by atoms with E-state index >= 15 is 0 Å². The highest BCUT2D eigenvalue weighted by molar-refractivity contribution is 5.82. The molecule has 0 bridgehead atoms. The maximum atomic E-state index is 11.7. The molecular weight excluding hydrogens is 212 g/mol. The molecule has 0 aromatic rings. The lowest BCUT2D eigenvalue weighted by Gasteiger charge is -2.28. The van der Waals surface area contributed by atoms with Crippen LogP contribution in [0.3, 0.4) is 0 Å². The first-order chi connectivity index (χ1) is 7.47. The van der Waals surface area contributed by atoms with E-state index in [-0.39, 0.29) is 6.04 Å². The van der Waals surface area contributed by atoms with Gasteiger partial charge in [-0.1, -0.05) is 6.92 Å². The van der Waals surface area contributed by atoms with Crippen molar-refractivity contribution in [2.45, 2.75) is 39.3 Å². The van der Waals surface area contributed by atoms with Crippen molar-refractivity contribution in [3.8, 4) is 0 Å². The first kappa shape index (κ1) is 14.7. The smallest absolute Gasteiger partial charge is 0.328 e. The Morgan fingerprint density at radius 2 is 1.94 bits per heavy atom. The van der Waals surface area contributed by atoms with Gasteiger partial charge in [-0.05, 0) is 20.3 Å². The number of hydrogen-bond acceptors (Lipinski definition) is 3. The second-order valence-corrected chi connectivity index (χ2v) is 3.57. The Balaban J connectivity index is 4.46. The van der Waals surface area contributed by atoms with Crippen molar-refractivity contribution in [2.24, 2.45) is 0 Å². The predicted molar refractivity (Wildman–Crippen MR) is 59.2 cm³/mol. The van der Waals surface area contributed by atoms with Gasteiger partial charge < -0.3 is 20.4 Å². The van der Waals surface area contributed by atoms with Crippen LogP contribution in [0.4, 0.5) is 4.79 Å². The van der Waals surface area contributed by atoms with E-state index in [0.717, 1.165) is 6.42 Å². The van der Waals surface area contributed by atoms with E-state index < -0.39 is 24.6 Å². The number of aliphatic carboxylic acids is 1. The predicted octanol–water partition coefficient (Wildman–Crippen LogP) is 0.262. The fraction of sp³-hybridized carbons (Fsp3) is 0.800. The van der Waals surface area contributed by atoms with E-state index in [4.69, 9.17) is 10.2 Å². The third-order valence-corrected chi connectivity index (χ3v) is 2.50. The lowest BCUT2D eigenvalue weighted by molar-refractivity contribution is -0.140. The summed E-state index contributed by atoms with van der Waals surface area (Å²) >= 11 is 0. The Labute approximate surface area is 95.2 Å². The van der Waals surface area contributed by atoms with Crippen molar-refractivity contribution >= 4 is 12.0 Å². The highest BCUT2D eigenvalue weighted by Gasteiger charge is 2.23. The molecule has 0 radical (unpaired) electrons. The van der Waals surface area contributed by atoms with Crippen molar-refractivity contribution < 1.29 is 19.8 Å². The molecule has 16 heavy (non-hydrogen) atoms. The Bertz CT molecular complexity index is 245. The maximum Gasteiger partial charge on any atom is 0.328 e. The van der Waals surface area contributed by atoms with Crippen molar-refractivity contribution in [1.82, 2.24) is 10.2 Å². The third kappa shape index (κ3) is 4.06. The molecule has 0 aromatic heterocycles. The minimum atomic E-state index is -1.24. The number of urea groups is 1. The summed E-state index contributed by atoms with van der Waals surface area (Å²) in [6.45, 7) is 5.54. The van der Waals surface area contributed by atoms with Gasteiger partial charge in [0.1, 0.15) is 0 Å². The van der Waals surface area contributed by atoms with Gasteiger partial charge in [0, 0.05) is 12.6 Å². The van der Waals surface area contributed by atoms with Crippen LogP contribution < -0.4 is 5.32 Å². The molecule has 2 unspecified atom stereocenters. The van der Waals surface area contributed by atoms with E-state index in [1.165, 1.54) is 4.90 Å². The van der Waals surface area contributed by atoms with Gasteiger partial charge in [-0.3, -0.25) is 0 Å². The minimum absolute atomic E-state index is 0.0399. The van der Waals surface area contributed by atoms with Gasteiger partial charge in [-0.15, -0.1) is 0 Å². The lowest BCUT2D eigenvalue weighted by Crippen LogP contribution is -2.51. The summed E-state index contributed by atoms with van der Waals surface area (Å²) in [6, 6.07) is -1.66. The van der Waals surface area contributed by atoms with Gasteiger partial charge in [-0.2, -0.15) is 0 Å². The highest BCUT2D eigenvalue weighted by atomic mass is 16.4. The molecule has 0 saturated carbocycles. The molecule has 94 valence electrons. The van der Waals surface area contributed by atoms with Crippen LogP contribution in [0.5, 0.6) is 0 Å². The molecular formula is C10H20N2O4. The minimum Gasteiger partial charge on any atom is -0.480 e. The van der Waals surface area contributed by atoms with Crippen LogP contribution >= 0.6 is 0 Å². The summed E-state index contributed by atoms with van der Waals surface area (Å²) in [5, 5.41) is 19.7. The molecule has 0 fully saturated rings. The quantitative estimate of drug-likeness (QED) is 0.613. The topological polar surface area (TPSA) is 89.9 Å². The molecule has 0 spiro atoms. The molecule has 0 aromatic carbocycles. The van der Waals surface area contributed by atoms with Gasteiger partial charge in [0.25, 0.3) is 0 Å². The molecule has 0 rings (SSSR count). The van der Waals surface area contributed by atoms with Gasteiger partial charge in [0.2, 0.25) is 0 Å². The van der Waals surface area contributed by atoms with Crippen molar-refractivity contribution in [3.05, 3.63) is 0 Å². The Hall–Kier alpha value is -1.30. The number of amides is 2. The van der Waals surface area contributed by atoms with E-state index in [1.54, 1.807) is 0 Å². The largest absolute Gasteiger partial charge is 0.480 e. The average molecular weight is 232 g/mol. The molecule has 0 heterocycles. The van der Waals surface area contributed by atoms with Gasteiger partial charge in [-0.25, -0.2) is 9.59 Å². The first-order valence-corrected chi connectivity index (χ1v) is 5.38. The number of carboxylic acids is 1. The third-order valence-electron chi connectivity index (χ3n) is 2.50. The number of carbonyl (C=O) groups excluding carboxylic acids is 1. The molecule has 0 aliphatic heterocycles. The zero-order valence-corrected chi connectivity index (χ0v) is 9.93. The maximum absolute atomic E-state index is 11.7. The standard InChI is InChI=1S/C10H20N2O4/c1-4-7(3)12(5-2)10(16)11-8(6-13)9(14)15/h7-8,13H,4-6H2,1-3H3,(H,11,16)(H,14,15). The normalized spacial score (nSPS) is 14.0. The van der Waals surface area contributed by atoms with Crippen molar-refractivity contribution in [1.29, 1.82) is 0 Å². The summed E-state index contributed by atoms with van der Waals surface area (Å²) in [5.41, 5.74) is 0. The molecule has 2 amide bonds. The highest BCUT2D eigenvalue weighted by Crippen LogP contribution is 2.03. The summed E-state index contributed by atoms with van der Waals surface area (Å²) in [5.74, 6) is -1.24. The number of nitrogens with one attached hydrogen (secondary N) is 1. The van der Waals surface area contributed by atoms with Crippen LogP contribution in [0.15, 0.2) is 0 Å². The van der Waals surface area contributed by atoms with E-state index in [2.05, 4.69) is 5.32 Å². The van der Waals surface area contributed by atoms with Crippen LogP contribution in [0.25, 0.3) is 0 Å². The fourth-order valence-corrected chi connectivity index (χ4v) is 1.29. The van der Waals surface area contributed by atoms with Crippen molar-refractivity contribution in [2.75, 3.05) is 13.2 Å².